The van der Waals surface area contributed by atoms with E-state index in [-0.39, 0.29) is 0 Å². The molecule has 0 saturated heterocycles. The zero-order valence-electron chi connectivity index (χ0n) is 10.5. The van der Waals surface area contributed by atoms with Crippen LogP contribution < -0.4 is 0 Å². The molecule has 1 aromatic carbocycles. The van der Waals surface area contributed by atoms with Gasteiger partial charge >= 0.3 is 10.2 Å². The van der Waals surface area contributed by atoms with Crippen LogP contribution in [-0.2, 0) is 19.7 Å². The van der Waals surface area contributed by atoms with Gasteiger partial charge in [-0.3, -0.25) is 4.79 Å². The number of benzene rings is 1. The third-order valence-corrected chi connectivity index (χ3v) is 1.74. The lowest BCUT2D eigenvalue weighted by Crippen LogP contribution is -1.82. The molecule has 0 aromatic heterocycles. The lowest BCUT2D eigenvalue weighted by molar-refractivity contribution is -0.128. The van der Waals surface area contributed by atoms with E-state index in [1.165, 1.54) is 0 Å². The van der Waals surface area contributed by atoms with Crippen LogP contribution in [0.25, 0.3) is 20.9 Å². The Balaban J connectivity index is 0. The van der Waals surface area contributed by atoms with Crippen molar-refractivity contribution in [3.05, 3.63) is 57.3 Å². The number of rotatable bonds is 4. The summed E-state index contributed by atoms with van der Waals surface area (Å²) in [6, 6.07) is 12.0. The van der Waals surface area contributed by atoms with E-state index < -0.39 is 10.2 Å². The zero-order chi connectivity index (χ0) is 15.7. The van der Waals surface area contributed by atoms with Crippen LogP contribution >= 0.6 is 0 Å². The van der Waals surface area contributed by atoms with Gasteiger partial charge in [0, 0.05) is 18.9 Å². The first kappa shape index (κ1) is 19.6. The zero-order valence-corrected chi connectivity index (χ0v) is 11.3. The highest BCUT2D eigenvalue weighted by Crippen LogP contribution is 1.92. The molecule has 0 spiro atoms. The number of hydrogen-bond donors (Lipinski definition) is 0. The molecule has 0 saturated carbocycles. The molecule has 11 heteroatoms. The van der Waals surface area contributed by atoms with Crippen LogP contribution in [0.4, 0.5) is 0 Å². The fraction of sp³-hybridized carbons (Fsp3) is 0.222. The fourth-order valence-corrected chi connectivity index (χ4v) is 0.779. The van der Waals surface area contributed by atoms with E-state index in [9.17, 15) is 13.2 Å². The van der Waals surface area contributed by atoms with Gasteiger partial charge in [0.1, 0.15) is 0 Å². The van der Waals surface area contributed by atoms with Gasteiger partial charge in [0.25, 0.3) is 6.47 Å². The van der Waals surface area contributed by atoms with Gasteiger partial charge in [-0.25, -0.2) is 8.42 Å². The predicted molar refractivity (Wildman–Crippen MR) is 71.3 cm³/mol. The van der Waals surface area contributed by atoms with Crippen LogP contribution in [0.3, 0.4) is 0 Å². The summed E-state index contributed by atoms with van der Waals surface area (Å²) < 4.78 is 28.5. The molecule has 0 amide bonds. The summed E-state index contributed by atoms with van der Waals surface area (Å²) in [5.74, 6) is 0. The van der Waals surface area contributed by atoms with Crippen LogP contribution in [0.1, 0.15) is 6.92 Å². The molecule has 0 fully saturated rings. The second-order valence-electron chi connectivity index (χ2n) is 2.50. The number of ether oxygens (including phenoxy) is 1. The van der Waals surface area contributed by atoms with E-state index >= 15 is 0 Å². The molecule has 10 nitrogen and oxygen atoms in total. The molecule has 1 aromatic rings. The summed E-state index contributed by atoms with van der Waals surface area (Å²) in [5.41, 5.74) is 15.0. The lowest BCUT2D eigenvalue weighted by Gasteiger charge is -1.79. The Bertz CT molecular complexity index is 498. The molecule has 0 aliphatic carbocycles. The topological polar surface area (TPSA) is 158 Å². The Kier molecular flexibility index (Phi) is 14.0. The Morgan fingerprint density at radius 2 is 1.40 bits per heavy atom. The Labute approximate surface area is 115 Å². The third-order valence-electron chi connectivity index (χ3n) is 1.18. The van der Waals surface area contributed by atoms with Crippen molar-refractivity contribution < 1.29 is 17.9 Å². The van der Waals surface area contributed by atoms with Crippen LogP contribution in [-0.4, -0.2) is 21.5 Å². The third kappa shape index (κ3) is 17.6. The molecular weight excluding hydrogens is 288 g/mol. The molecule has 0 radical (unpaired) electrons. The number of azide groups is 1. The molecular formula is C9H12N6O4S. The maximum Gasteiger partial charge on any atom is 0.321 e. The van der Waals surface area contributed by atoms with Gasteiger partial charge in [-0.1, -0.05) is 36.4 Å². The van der Waals surface area contributed by atoms with E-state index in [1.807, 2.05) is 46.2 Å². The lowest BCUT2D eigenvalue weighted by atomic mass is 10.4. The predicted octanol–water partition coefficient (Wildman–Crippen LogP) is 2.72. The summed E-state index contributed by atoms with van der Waals surface area (Å²) in [7, 11) is -4.27. The van der Waals surface area contributed by atoms with Crippen molar-refractivity contribution >= 4 is 16.7 Å². The average Bonchev–Trinajstić information content (AvgIpc) is 2.43. The van der Waals surface area contributed by atoms with Gasteiger partial charge in [0.05, 0.1) is 6.61 Å². The number of nitrogens with zero attached hydrogens (tertiary/aromatic N) is 6. The molecule has 0 atom stereocenters. The monoisotopic (exact) mass is 300 g/mol. The van der Waals surface area contributed by atoms with Crippen molar-refractivity contribution in [2.45, 2.75) is 6.92 Å². The fourth-order valence-electron chi connectivity index (χ4n) is 0.562. The van der Waals surface area contributed by atoms with Gasteiger partial charge < -0.3 is 4.74 Å². The standard InChI is InChI=1S/C6H6.C3H6O2.N6O2S/c1-2-4-6-5-3-1;1-2-5-3-4;1-3-5-9(7,8)6-4-2/h1-6H;3H,2H2,1H3;. The van der Waals surface area contributed by atoms with Crippen LogP contribution in [0.2, 0.25) is 0 Å². The normalized spacial score (nSPS) is 8.05. The highest BCUT2D eigenvalue weighted by atomic mass is 32.2. The number of hydrogen-bond acceptors (Lipinski definition) is 4. The van der Waals surface area contributed by atoms with E-state index in [1.54, 1.807) is 6.92 Å². The maximum absolute atomic E-state index is 9.99. The summed E-state index contributed by atoms with van der Waals surface area (Å²) in [5, 5.41) is 0. The SMILES string of the molecule is CCOC=O.[N-]=[N+]=NS(=O)(=O)N=[N+]=[N-].c1ccccc1. The molecule has 0 bridgehead atoms. The molecule has 0 unspecified atom stereocenters. The van der Waals surface area contributed by atoms with Gasteiger partial charge in [-0.15, -0.1) is 0 Å². The Morgan fingerprint density at radius 3 is 1.55 bits per heavy atom. The van der Waals surface area contributed by atoms with Gasteiger partial charge in [0.15, 0.2) is 0 Å². The largest absolute Gasteiger partial charge is 0.468 e. The van der Waals surface area contributed by atoms with Gasteiger partial charge in [-0.05, 0) is 18.0 Å². The highest BCUT2D eigenvalue weighted by molar-refractivity contribution is 7.88. The smallest absolute Gasteiger partial charge is 0.321 e. The minimum Gasteiger partial charge on any atom is -0.468 e. The molecule has 108 valence electrons. The Hall–Kier alpha value is -2.74. The maximum atomic E-state index is 9.99. The van der Waals surface area contributed by atoms with Gasteiger partial charge in [-0.2, -0.15) is 0 Å². The first-order chi connectivity index (χ1) is 9.54. The highest BCUT2D eigenvalue weighted by Gasteiger charge is 1.99. The molecule has 0 aliphatic heterocycles. The van der Waals surface area contributed by atoms with Crippen LogP contribution in [0.5, 0.6) is 0 Å². The summed E-state index contributed by atoms with van der Waals surface area (Å²) >= 11 is 0. The van der Waals surface area contributed by atoms with E-state index in [0.717, 1.165) is 0 Å². The quantitative estimate of drug-likeness (QED) is 0.362. The number of carbonyl (C=O) groups is 1. The summed E-state index contributed by atoms with van der Waals surface area (Å²) in [6.45, 7) is 2.66. The number of carbonyl (C=O) groups excluding carboxylic acids is 1. The van der Waals surface area contributed by atoms with E-state index in [4.69, 9.17) is 11.1 Å². The first-order valence-corrected chi connectivity index (χ1v) is 6.36. The van der Waals surface area contributed by atoms with Crippen LogP contribution in [0.15, 0.2) is 45.4 Å². The molecule has 1 rings (SSSR count). The average molecular weight is 300 g/mol. The molecule has 0 N–H and O–H groups in total. The molecule has 20 heavy (non-hydrogen) atoms. The van der Waals surface area contributed by atoms with Crippen molar-refractivity contribution in [3.8, 4) is 0 Å². The molecule has 0 heterocycles. The van der Waals surface area contributed by atoms with E-state index in [0.29, 0.717) is 13.1 Å². The van der Waals surface area contributed by atoms with E-state index in [2.05, 4.69) is 13.8 Å². The van der Waals surface area contributed by atoms with Gasteiger partial charge in [0.2, 0.25) is 0 Å². The van der Waals surface area contributed by atoms with Crippen LogP contribution in [0, 0.1) is 0 Å². The first-order valence-electron chi connectivity index (χ1n) is 4.97. The van der Waals surface area contributed by atoms with Crippen molar-refractivity contribution in [2.24, 2.45) is 9.04 Å². The Morgan fingerprint density at radius 1 is 1.05 bits per heavy atom. The minimum absolute atomic E-state index is 0.431. The summed E-state index contributed by atoms with van der Waals surface area (Å²) in [4.78, 5) is 13.0. The second-order valence-corrected chi connectivity index (χ2v) is 3.72. The van der Waals surface area contributed by atoms with Crippen molar-refractivity contribution in [1.82, 2.24) is 0 Å². The van der Waals surface area contributed by atoms with Crippen molar-refractivity contribution in [3.63, 3.8) is 0 Å². The molecule has 0 aliphatic rings. The minimum atomic E-state index is -4.27. The summed E-state index contributed by atoms with van der Waals surface area (Å²) in [6.07, 6.45) is 0. The second kappa shape index (κ2) is 14.3. The van der Waals surface area contributed by atoms with Crippen molar-refractivity contribution in [1.29, 1.82) is 0 Å². The van der Waals surface area contributed by atoms with Crippen molar-refractivity contribution in [2.75, 3.05) is 6.61 Å².